The molecular weight excluding hydrogens is 651 g/mol. The van der Waals surface area contributed by atoms with Crippen molar-refractivity contribution in [2.45, 2.75) is 77.2 Å². The van der Waals surface area contributed by atoms with Crippen LogP contribution in [0.4, 0.5) is 5.69 Å². The molecule has 0 aliphatic carbocycles. The van der Waals surface area contributed by atoms with Crippen LogP contribution < -0.4 is 10.2 Å². The van der Waals surface area contributed by atoms with Gasteiger partial charge in [-0.15, -0.1) is 11.3 Å². The number of benzene rings is 1. The largest absolute Gasteiger partial charge is 0.481 e. The Kier molecular flexibility index (Phi) is 10.6. The highest BCUT2D eigenvalue weighted by Gasteiger charge is 2.39. The van der Waals surface area contributed by atoms with Crippen molar-refractivity contribution in [3.8, 4) is 11.4 Å². The topological polar surface area (TPSA) is 142 Å². The quantitative estimate of drug-likeness (QED) is 0.208. The Labute approximate surface area is 297 Å². The molecule has 2 fully saturated rings. The molecule has 0 bridgehead atoms. The standard InChI is InChI=1S/C38H45N7O4S/c1-5-6-28-11-12-30(43-42-28)25-15-17-44(18-16-25)29-20-39-34(40-21-29)26-9-7-24(8-10-26)19-31(36(47)45-22-27(23-45)37(48)49)41-35(46)32-13-14-33(50-32)38(2,3)4/h7-14,20-21,25,27,31H,5-6,15-19,22-23H2,1-4H3,(H,41,46)(H,48,49)/t31-/m0/s1. The number of carboxylic acids is 1. The average molecular weight is 696 g/mol. The van der Waals surface area contributed by atoms with Gasteiger partial charge in [0.05, 0.1) is 40.3 Å². The van der Waals surface area contributed by atoms with Gasteiger partial charge in [0, 0.05) is 49.0 Å². The summed E-state index contributed by atoms with van der Waals surface area (Å²) in [7, 11) is 0. The number of nitrogens with one attached hydrogen (secondary N) is 1. The summed E-state index contributed by atoms with van der Waals surface area (Å²) in [6.45, 7) is 10.5. The molecule has 1 atom stereocenters. The molecular formula is C38H45N7O4S. The number of piperidine rings is 1. The van der Waals surface area contributed by atoms with E-state index in [0.717, 1.165) is 71.9 Å². The Morgan fingerprint density at radius 3 is 2.24 bits per heavy atom. The summed E-state index contributed by atoms with van der Waals surface area (Å²) < 4.78 is 0. The highest BCUT2D eigenvalue weighted by atomic mass is 32.1. The maximum atomic E-state index is 13.5. The molecule has 2 saturated heterocycles. The van der Waals surface area contributed by atoms with Crippen molar-refractivity contribution in [1.82, 2.24) is 30.4 Å². The molecule has 11 nitrogen and oxygen atoms in total. The molecule has 6 rings (SSSR count). The Hall–Kier alpha value is -4.71. The summed E-state index contributed by atoms with van der Waals surface area (Å²) in [6.07, 6.45) is 8.02. The molecule has 0 spiro atoms. The first-order valence-corrected chi connectivity index (χ1v) is 18.2. The molecule has 50 heavy (non-hydrogen) atoms. The number of nitrogens with zero attached hydrogens (tertiary/aromatic N) is 6. The highest BCUT2D eigenvalue weighted by molar-refractivity contribution is 7.14. The van der Waals surface area contributed by atoms with Gasteiger partial charge in [-0.1, -0.05) is 58.4 Å². The molecule has 3 aromatic heterocycles. The summed E-state index contributed by atoms with van der Waals surface area (Å²) in [5.74, 6) is -1.09. The maximum absolute atomic E-state index is 13.5. The van der Waals surface area contributed by atoms with Crippen LogP contribution >= 0.6 is 11.3 Å². The minimum absolute atomic E-state index is 0.0951. The Balaban J connectivity index is 1.08. The van der Waals surface area contributed by atoms with Crippen LogP contribution in [0, 0.1) is 5.92 Å². The molecule has 12 heteroatoms. The Morgan fingerprint density at radius 2 is 1.66 bits per heavy atom. The van der Waals surface area contributed by atoms with Crippen molar-refractivity contribution in [3.63, 3.8) is 0 Å². The van der Waals surface area contributed by atoms with Gasteiger partial charge in [0.25, 0.3) is 5.91 Å². The fraction of sp³-hybridized carbons (Fsp3) is 0.447. The highest BCUT2D eigenvalue weighted by Crippen LogP contribution is 2.31. The number of amides is 2. The first-order valence-electron chi connectivity index (χ1n) is 17.4. The number of likely N-dealkylation sites (tertiary alicyclic amines) is 1. The molecule has 2 amide bonds. The van der Waals surface area contributed by atoms with Crippen LogP contribution in [-0.2, 0) is 27.8 Å². The molecule has 4 aromatic rings. The van der Waals surface area contributed by atoms with E-state index in [1.165, 1.54) is 16.2 Å². The lowest BCUT2D eigenvalue weighted by Crippen LogP contribution is -2.59. The number of hydrogen-bond donors (Lipinski definition) is 2. The second-order valence-electron chi connectivity index (χ2n) is 14.3. The normalized spacial score (nSPS) is 16.2. The summed E-state index contributed by atoms with van der Waals surface area (Å²) in [6, 6.07) is 14.8. The van der Waals surface area contributed by atoms with Crippen molar-refractivity contribution in [1.29, 1.82) is 0 Å². The van der Waals surface area contributed by atoms with E-state index in [0.29, 0.717) is 16.6 Å². The van der Waals surface area contributed by atoms with E-state index in [-0.39, 0.29) is 36.7 Å². The lowest BCUT2D eigenvalue weighted by atomic mass is 9.93. The van der Waals surface area contributed by atoms with Gasteiger partial charge < -0.3 is 20.2 Å². The van der Waals surface area contributed by atoms with Gasteiger partial charge in [0.2, 0.25) is 5.91 Å². The number of anilines is 1. The molecule has 5 heterocycles. The Morgan fingerprint density at radius 1 is 0.960 bits per heavy atom. The van der Waals surface area contributed by atoms with Crippen LogP contribution in [0.5, 0.6) is 0 Å². The number of aryl methyl sites for hydroxylation is 1. The van der Waals surface area contributed by atoms with Crippen LogP contribution in [-0.4, -0.2) is 80.2 Å². The van der Waals surface area contributed by atoms with E-state index < -0.39 is 17.9 Å². The smallest absolute Gasteiger partial charge is 0.310 e. The zero-order valence-corrected chi connectivity index (χ0v) is 29.9. The van der Waals surface area contributed by atoms with Gasteiger partial charge >= 0.3 is 5.97 Å². The van der Waals surface area contributed by atoms with Crippen molar-refractivity contribution in [2.24, 2.45) is 5.92 Å². The molecule has 2 aliphatic heterocycles. The maximum Gasteiger partial charge on any atom is 0.310 e. The third-order valence-corrected chi connectivity index (χ3v) is 11.0. The zero-order chi connectivity index (χ0) is 35.4. The number of aliphatic carboxylic acids is 1. The van der Waals surface area contributed by atoms with Crippen molar-refractivity contribution < 1.29 is 19.5 Å². The zero-order valence-electron chi connectivity index (χ0n) is 29.1. The van der Waals surface area contributed by atoms with E-state index in [1.807, 2.05) is 42.7 Å². The lowest BCUT2D eigenvalue weighted by molar-refractivity contribution is -0.153. The number of hydrogen-bond acceptors (Lipinski definition) is 9. The summed E-state index contributed by atoms with van der Waals surface area (Å²) in [4.78, 5) is 52.9. The predicted octanol–water partition coefficient (Wildman–Crippen LogP) is 5.51. The molecule has 2 N–H and O–H groups in total. The number of rotatable bonds is 11. The van der Waals surface area contributed by atoms with Crippen LogP contribution in [0.1, 0.15) is 84.4 Å². The summed E-state index contributed by atoms with van der Waals surface area (Å²) in [5, 5.41) is 21.2. The predicted molar refractivity (Wildman–Crippen MR) is 193 cm³/mol. The van der Waals surface area contributed by atoms with Gasteiger partial charge in [-0.05, 0) is 54.5 Å². The van der Waals surface area contributed by atoms with Crippen molar-refractivity contribution >= 4 is 34.8 Å². The number of carbonyl (C=O) groups excluding carboxylic acids is 2. The molecule has 0 radical (unpaired) electrons. The van der Waals surface area contributed by atoms with E-state index in [1.54, 1.807) is 6.07 Å². The fourth-order valence-corrected chi connectivity index (χ4v) is 7.36. The van der Waals surface area contributed by atoms with Gasteiger partial charge in [0.15, 0.2) is 5.82 Å². The van der Waals surface area contributed by atoms with Crippen LogP contribution in [0.3, 0.4) is 0 Å². The third kappa shape index (κ3) is 8.18. The van der Waals surface area contributed by atoms with E-state index in [9.17, 15) is 19.5 Å². The molecule has 2 aliphatic rings. The van der Waals surface area contributed by atoms with Crippen LogP contribution in [0.15, 0.2) is 60.9 Å². The second-order valence-corrected chi connectivity index (χ2v) is 15.4. The van der Waals surface area contributed by atoms with Crippen molar-refractivity contribution in [2.75, 3.05) is 31.1 Å². The average Bonchev–Trinajstić information content (AvgIpc) is 3.60. The summed E-state index contributed by atoms with van der Waals surface area (Å²) >= 11 is 1.41. The first-order chi connectivity index (χ1) is 24.0. The number of carbonyl (C=O) groups is 3. The number of carboxylic acid groups (broad SMARTS) is 1. The molecule has 0 unspecified atom stereocenters. The SMILES string of the molecule is CCCc1ccc(C2CCN(c3cnc(-c4ccc(C[C@H](NC(=O)c5ccc(C(C)(C)C)s5)C(=O)N5CC(C(=O)O)C5)cc4)nc3)CC2)nn1. The lowest BCUT2D eigenvalue weighted by Gasteiger charge is -2.38. The summed E-state index contributed by atoms with van der Waals surface area (Å²) in [5.41, 5.74) is 4.71. The molecule has 262 valence electrons. The van der Waals surface area contributed by atoms with Crippen LogP contribution in [0.2, 0.25) is 0 Å². The fourth-order valence-electron chi connectivity index (χ4n) is 6.40. The number of thiophene rings is 1. The molecule has 1 aromatic carbocycles. The molecule has 0 saturated carbocycles. The van der Waals surface area contributed by atoms with E-state index in [4.69, 9.17) is 0 Å². The van der Waals surface area contributed by atoms with Gasteiger partial charge in [0.1, 0.15) is 6.04 Å². The van der Waals surface area contributed by atoms with E-state index in [2.05, 4.69) is 70.2 Å². The third-order valence-electron chi connectivity index (χ3n) is 9.53. The first kappa shape index (κ1) is 35.1. The Bertz CT molecular complexity index is 1790. The minimum atomic E-state index is -0.919. The minimum Gasteiger partial charge on any atom is -0.481 e. The second kappa shape index (κ2) is 15.0. The van der Waals surface area contributed by atoms with Gasteiger partial charge in [-0.25, -0.2) is 9.97 Å². The van der Waals surface area contributed by atoms with E-state index >= 15 is 0 Å². The van der Waals surface area contributed by atoms with Crippen LogP contribution in [0.25, 0.3) is 11.4 Å². The monoisotopic (exact) mass is 695 g/mol. The number of aromatic nitrogens is 4. The van der Waals surface area contributed by atoms with Gasteiger partial charge in [-0.2, -0.15) is 10.2 Å². The van der Waals surface area contributed by atoms with Gasteiger partial charge in [-0.3, -0.25) is 14.4 Å². The van der Waals surface area contributed by atoms with Crippen molar-refractivity contribution in [3.05, 3.63) is 87.6 Å².